The first-order chi connectivity index (χ1) is 17.6. The molecule has 0 bridgehead atoms. The Morgan fingerprint density at radius 1 is 1.28 bits per heavy atom. The summed E-state index contributed by atoms with van der Waals surface area (Å²) in [5, 5.41) is 6.29. The van der Waals surface area contributed by atoms with Crippen molar-refractivity contribution in [2.24, 2.45) is 0 Å². The van der Waals surface area contributed by atoms with Gasteiger partial charge in [-0.3, -0.25) is 14.7 Å². The Kier molecular flexibility index (Phi) is 6.02. The van der Waals surface area contributed by atoms with Gasteiger partial charge in [-0.2, -0.15) is 0 Å². The number of amides is 2. The Morgan fingerprint density at radius 2 is 2.19 bits per heavy atom. The van der Waals surface area contributed by atoms with Crippen molar-refractivity contribution < 1.29 is 23.8 Å². The molecule has 6 rings (SSSR count). The Morgan fingerprint density at radius 3 is 3.08 bits per heavy atom. The van der Waals surface area contributed by atoms with Crippen LogP contribution in [0.2, 0.25) is 0 Å². The van der Waals surface area contributed by atoms with Crippen LogP contribution < -0.4 is 25.0 Å². The van der Waals surface area contributed by atoms with Gasteiger partial charge < -0.3 is 24.8 Å². The number of fused-ring (bicyclic) bond motifs is 4. The summed E-state index contributed by atoms with van der Waals surface area (Å²) in [7, 11) is 1.60. The van der Waals surface area contributed by atoms with Crippen LogP contribution in [0, 0.1) is 0 Å². The van der Waals surface area contributed by atoms with E-state index in [0.717, 1.165) is 45.9 Å². The van der Waals surface area contributed by atoms with Gasteiger partial charge in [0.15, 0.2) is 0 Å². The molecule has 186 valence electrons. The lowest BCUT2D eigenvalue weighted by Gasteiger charge is -2.20. The molecule has 1 aromatic carbocycles. The van der Waals surface area contributed by atoms with Gasteiger partial charge in [0.05, 0.1) is 43.4 Å². The summed E-state index contributed by atoms with van der Waals surface area (Å²) in [6.07, 6.45) is 1.96. The summed E-state index contributed by atoms with van der Waals surface area (Å²) in [4.78, 5) is 35.9. The van der Waals surface area contributed by atoms with E-state index in [1.807, 2.05) is 24.3 Å². The summed E-state index contributed by atoms with van der Waals surface area (Å²) in [5.74, 6) is 1.87. The SMILES string of the molecule is COc1ccc2ncc3c(c2n1)C(CCNC[C@@H]1CN(c2ccc4c(c2)NC(=O)CS4)C(=O)O1)CO3. The van der Waals surface area contributed by atoms with Crippen LogP contribution in [-0.4, -0.2) is 67.2 Å². The minimum Gasteiger partial charge on any atom is -0.491 e. The number of carbonyl (C=O) groups is 2. The number of nitrogens with one attached hydrogen (secondary N) is 2. The molecule has 2 N–H and O–H groups in total. The molecule has 3 aliphatic heterocycles. The molecule has 0 aliphatic carbocycles. The van der Waals surface area contributed by atoms with E-state index in [-0.39, 0.29) is 24.0 Å². The normalized spacial score (nSPS) is 20.5. The molecule has 1 saturated heterocycles. The van der Waals surface area contributed by atoms with Gasteiger partial charge in [-0.05, 0) is 37.2 Å². The first-order valence-electron chi connectivity index (χ1n) is 11.8. The maximum Gasteiger partial charge on any atom is 0.414 e. The van der Waals surface area contributed by atoms with Gasteiger partial charge >= 0.3 is 6.09 Å². The van der Waals surface area contributed by atoms with Gasteiger partial charge in [-0.25, -0.2) is 9.78 Å². The van der Waals surface area contributed by atoms with Gasteiger partial charge in [0.2, 0.25) is 11.8 Å². The van der Waals surface area contributed by atoms with Gasteiger partial charge in [-0.15, -0.1) is 11.8 Å². The van der Waals surface area contributed by atoms with E-state index in [0.29, 0.717) is 37.0 Å². The third-order valence-electron chi connectivity index (χ3n) is 6.57. The van der Waals surface area contributed by atoms with Crippen LogP contribution in [-0.2, 0) is 9.53 Å². The van der Waals surface area contributed by atoms with Gasteiger partial charge in [0.1, 0.15) is 17.4 Å². The first-order valence-corrected chi connectivity index (χ1v) is 12.8. The average Bonchev–Trinajstić information content (AvgIpc) is 3.49. The number of pyridine rings is 2. The molecule has 0 spiro atoms. The molecule has 11 heteroatoms. The predicted octanol–water partition coefficient (Wildman–Crippen LogP) is 3.16. The summed E-state index contributed by atoms with van der Waals surface area (Å²) >= 11 is 1.49. The molecule has 1 fully saturated rings. The highest BCUT2D eigenvalue weighted by molar-refractivity contribution is 8.00. The number of rotatable bonds is 7. The number of ether oxygens (including phenoxy) is 3. The van der Waals surface area contributed by atoms with Gasteiger partial charge in [0, 0.05) is 34.7 Å². The molecule has 0 saturated carbocycles. The first kappa shape index (κ1) is 22.9. The molecule has 3 aromatic rings. The van der Waals surface area contributed by atoms with E-state index in [9.17, 15) is 9.59 Å². The monoisotopic (exact) mass is 507 g/mol. The van der Waals surface area contributed by atoms with Crippen LogP contribution in [0.4, 0.5) is 16.2 Å². The van der Waals surface area contributed by atoms with Crippen molar-refractivity contribution in [1.82, 2.24) is 15.3 Å². The van der Waals surface area contributed by atoms with E-state index in [4.69, 9.17) is 14.2 Å². The van der Waals surface area contributed by atoms with Crippen molar-refractivity contribution in [3.63, 3.8) is 0 Å². The van der Waals surface area contributed by atoms with E-state index in [1.54, 1.807) is 24.3 Å². The van der Waals surface area contributed by atoms with Crippen LogP contribution in [0.1, 0.15) is 17.9 Å². The summed E-state index contributed by atoms with van der Waals surface area (Å²) in [5.41, 5.74) is 4.15. The van der Waals surface area contributed by atoms with E-state index in [2.05, 4.69) is 20.6 Å². The molecule has 10 nitrogen and oxygen atoms in total. The number of cyclic esters (lactones) is 1. The standard InChI is InChI=1S/C25H25N5O5S/c1-33-22-5-3-17-24(29-22)23-14(12-34-19(23)10-27-17)6-7-26-9-16-11-30(25(32)35-16)15-2-4-20-18(8-15)28-21(31)13-36-20/h2-5,8,10,14,16,26H,6-7,9,11-13H2,1H3,(H,28,31)/t14?,16-/m1/s1. The number of thioether (sulfide) groups is 1. The largest absolute Gasteiger partial charge is 0.491 e. The number of benzene rings is 1. The second-order valence-corrected chi connectivity index (χ2v) is 9.91. The molecule has 2 aromatic heterocycles. The van der Waals surface area contributed by atoms with Crippen molar-refractivity contribution >= 4 is 46.2 Å². The minimum absolute atomic E-state index is 0.0369. The summed E-state index contributed by atoms with van der Waals surface area (Å²) < 4.78 is 16.7. The van der Waals surface area contributed by atoms with Crippen LogP contribution in [0.15, 0.2) is 41.4 Å². The number of anilines is 2. The fraction of sp³-hybridized carbons (Fsp3) is 0.360. The molecule has 1 unspecified atom stereocenters. The third-order valence-corrected chi connectivity index (χ3v) is 7.64. The zero-order chi connectivity index (χ0) is 24.6. The second-order valence-electron chi connectivity index (χ2n) is 8.89. The highest BCUT2D eigenvalue weighted by atomic mass is 32.2. The number of methoxy groups -OCH3 is 1. The second kappa shape index (κ2) is 9.47. The molecule has 0 radical (unpaired) electrons. The maximum absolute atomic E-state index is 12.5. The Labute approximate surface area is 211 Å². The smallest absolute Gasteiger partial charge is 0.414 e. The van der Waals surface area contributed by atoms with Crippen molar-refractivity contribution in [2.45, 2.75) is 23.3 Å². The van der Waals surface area contributed by atoms with E-state index >= 15 is 0 Å². The molecule has 2 amide bonds. The van der Waals surface area contributed by atoms with Gasteiger partial charge in [-0.1, -0.05) is 0 Å². The van der Waals surface area contributed by atoms with E-state index < -0.39 is 0 Å². The Bertz CT molecular complexity index is 1350. The van der Waals surface area contributed by atoms with E-state index in [1.165, 1.54) is 11.8 Å². The maximum atomic E-state index is 12.5. The Hall–Kier alpha value is -3.57. The van der Waals surface area contributed by atoms with Gasteiger partial charge in [0.25, 0.3) is 0 Å². The third kappa shape index (κ3) is 4.28. The fourth-order valence-electron chi connectivity index (χ4n) is 4.79. The summed E-state index contributed by atoms with van der Waals surface area (Å²) in [6.45, 7) is 2.30. The minimum atomic E-state index is -0.381. The highest BCUT2D eigenvalue weighted by Gasteiger charge is 2.33. The summed E-state index contributed by atoms with van der Waals surface area (Å²) in [6, 6.07) is 9.36. The molecular weight excluding hydrogens is 482 g/mol. The Balaban J connectivity index is 1.05. The predicted molar refractivity (Wildman–Crippen MR) is 135 cm³/mol. The topological polar surface area (TPSA) is 115 Å². The quantitative estimate of drug-likeness (QED) is 0.465. The number of nitrogens with zero attached hydrogens (tertiary/aromatic N) is 3. The van der Waals surface area contributed by atoms with Crippen molar-refractivity contribution in [2.75, 3.05) is 49.3 Å². The zero-order valence-corrected chi connectivity index (χ0v) is 20.5. The number of hydrogen-bond acceptors (Lipinski definition) is 9. The lowest BCUT2D eigenvalue weighted by atomic mass is 9.97. The lowest BCUT2D eigenvalue weighted by molar-refractivity contribution is -0.113. The highest BCUT2D eigenvalue weighted by Crippen LogP contribution is 2.40. The fourth-order valence-corrected chi connectivity index (χ4v) is 5.58. The lowest BCUT2D eigenvalue weighted by Crippen LogP contribution is -2.32. The van der Waals surface area contributed by atoms with Crippen LogP contribution in [0.25, 0.3) is 11.0 Å². The molecule has 3 aliphatic rings. The molecule has 5 heterocycles. The number of hydrogen-bond donors (Lipinski definition) is 2. The average molecular weight is 508 g/mol. The van der Waals surface area contributed by atoms with Crippen LogP contribution in [0.5, 0.6) is 11.6 Å². The molecular formula is C25H25N5O5S. The molecule has 2 atom stereocenters. The number of aromatic nitrogens is 2. The van der Waals surface area contributed by atoms with Crippen LogP contribution in [0.3, 0.4) is 0 Å². The van der Waals surface area contributed by atoms with Crippen molar-refractivity contribution in [1.29, 1.82) is 0 Å². The molecule has 36 heavy (non-hydrogen) atoms. The number of carbonyl (C=O) groups excluding carboxylic acids is 2. The zero-order valence-electron chi connectivity index (χ0n) is 19.7. The van der Waals surface area contributed by atoms with Crippen molar-refractivity contribution in [3.05, 3.63) is 42.1 Å². The van der Waals surface area contributed by atoms with Crippen LogP contribution >= 0.6 is 11.8 Å². The van der Waals surface area contributed by atoms with Crippen molar-refractivity contribution in [3.8, 4) is 11.6 Å².